The number of esters is 2. The molecule has 12 heteroatoms. The van der Waals surface area contributed by atoms with Crippen LogP contribution in [0.25, 0.3) is 0 Å². The van der Waals surface area contributed by atoms with Gasteiger partial charge in [0.25, 0.3) is 0 Å². The van der Waals surface area contributed by atoms with Gasteiger partial charge in [0.1, 0.15) is 12.6 Å². The second-order valence-corrected chi connectivity index (χ2v) is 21.2. The quantitative estimate of drug-likeness (QED) is 0.0301. The molecule has 0 radical (unpaired) electrons. The summed E-state index contributed by atoms with van der Waals surface area (Å²) in [5.41, 5.74) is 5.37. The smallest absolute Gasteiger partial charge is 0.472 e. The van der Waals surface area contributed by atoms with Gasteiger partial charge >= 0.3 is 25.7 Å². The molecule has 0 heterocycles. The third-order valence-corrected chi connectivity index (χ3v) is 14.1. The molecular weight excluding hydrogens is 866 g/mol. The lowest BCUT2D eigenvalue weighted by Gasteiger charge is -2.20. The van der Waals surface area contributed by atoms with Gasteiger partial charge in [0.15, 0.2) is 6.10 Å². The van der Waals surface area contributed by atoms with Crippen LogP contribution in [0.1, 0.15) is 303 Å². The van der Waals surface area contributed by atoms with Crippen LogP contribution < -0.4 is 5.73 Å². The zero-order valence-corrected chi connectivity index (χ0v) is 44.7. The van der Waals surface area contributed by atoms with Crippen LogP contribution in [0.15, 0.2) is 0 Å². The van der Waals surface area contributed by atoms with E-state index in [-0.39, 0.29) is 19.4 Å². The van der Waals surface area contributed by atoms with E-state index in [0.717, 1.165) is 38.5 Å². The number of ether oxygens (including phenoxy) is 2. The lowest BCUT2D eigenvalue weighted by Crippen LogP contribution is -2.34. The number of carboxylic acids is 1. The van der Waals surface area contributed by atoms with Crippen LogP contribution in [0.5, 0.6) is 0 Å². The number of carbonyl (C=O) groups is 3. The van der Waals surface area contributed by atoms with Crippen molar-refractivity contribution in [3.63, 3.8) is 0 Å². The summed E-state index contributed by atoms with van der Waals surface area (Å²) < 4.78 is 33.0. The van der Waals surface area contributed by atoms with E-state index in [2.05, 4.69) is 13.8 Å². The number of phosphoric ester groups is 1. The van der Waals surface area contributed by atoms with E-state index < -0.39 is 51.1 Å². The maximum absolute atomic E-state index is 12.7. The third-order valence-electron chi connectivity index (χ3n) is 13.1. The molecule has 0 rings (SSSR count). The van der Waals surface area contributed by atoms with Gasteiger partial charge in [-0.1, -0.05) is 277 Å². The molecular formula is C55H108NO10P. The van der Waals surface area contributed by atoms with Crippen LogP contribution in [0.4, 0.5) is 0 Å². The average molecular weight is 974 g/mol. The standard InChI is InChI=1S/C55H108NO10P/c1-3-5-7-9-11-13-15-17-19-21-23-24-25-26-27-29-31-33-35-37-39-41-43-45-47-54(58)66-51(49-64-67(61,62)65-50-52(56)55(59)60)48-63-53(57)46-44-42-40-38-36-34-32-30-28-22-20-18-16-14-12-10-8-6-4-2/h51-52H,3-50,56H2,1-2H3,(H,59,60)(H,61,62). The van der Waals surface area contributed by atoms with Gasteiger partial charge in [0.05, 0.1) is 13.2 Å². The Morgan fingerprint density at radius 2 is 0.657 bits per heavy atom. The highest BCUT2D eigenvalue weighted by molar-refractivity contribution is 7.47. The average Bonchev–Trinajstić information content (AvgIpc) is 3.31. The molecule has 0 saturated carbocycles. The summed E-state index contributed by atoms with van der Waals surface area (Å²) in [6, 6.07) is -1.52. The van der Waals surface area contributed by atoms with Crippen LogP contribution >= 0.6 is 7.82 Å². The Morgan fingerprint density at radius 1 is 0.403 bits per heavy atom. The minimum atomic E-state index is -4.72. The van der Waals surface area contributed by atoms with E-state index in [9.17, 15) is 23.8 Å². The minimum absolute atomic E-state index is 0.170. The molecule has 0 aromatic carbocycles. The number of carboxylic acid groups (broad SMARTS) is 1. The van der Waals surface area contributed by atoms with Crippen molar-refractivity contribution in [2.24, 2.45) is 5.73 Å². The first-order valence-corrected chi connectivity index (χ1v) is 30.1. The van der Waals surface area contributed by atoms with Gasteiger partial charge in [-0.2, -0.15) is 0 Å². The number of rotatable bonds is 55. The van der Waals surface area contributed by atoms with E-state index in [4.69, 9.17) is 29.4 Å². The van der Waals surface area contributed by atoms with Crippen molar-refractivity contribution in [1.82, 2.24) is 0 Å². The lowest BCUT2D eigenvalue weighted by atomic mass is 10.0. The van der Waals surface area contributed by atoms with E-state index in [1.165, 1.54) is 225 Å². The number of nitrogens with two attached hydrogens (primary N) is 1. The van der Waals surface area contributed by atoms with Crippen molar-refractivity contribution in [1.29, 1.82) is 0 Å². The summed E-state index contributed by atoms with van der Waals surface area (Å²) in [7, 11) is -4.72. The second-order valence-electron chi connectivity index (χ2n) is 19.8. The Labute approximate surface area is 412 Å². The molecule has 3 atom stereocenters. The Balaban J connectivity index is 4.11. The molecule has 4 N–H and O–H groups in total. The number of unbranched alkanes of at least 4 members (excludes halogenated alkanes) is 41. The Morgan fingerprint density at radius 3 is 0.940 bits per heavy atom. The van der Waals surface area contributed by atoms with Crippen LogP contribution in [0.2, 0.25) is 0 Å². The predicted molar refractivity (Wildman–Crippen MR) is 277 cm³/mol. The van der Waals surface area contributed by atoms with E-state index in [1.807, 2.05) is 0 Å². The van der Waals surface area contributed by atoms with Crippen molar-refractivity contribution in [3.05, 3.63) is 0 Å². The summed E-state index contributed by atoms with van der Waals surface area (Å²) in [6.45, 7) is 2.89. The summed E-state index contributed by atoms with van der Waals surface area (Å²) in [6.07, 6.45) is 54.6. The Hall–Kier alpha value is -1.52. The van der Waals surface area contributed by atoms with Gasteiger partial charge in [-0.15, -0.1) is 0 Å². The fourth-order valence-corrected chi connectivity index (χ4v) is 9.44. The Kier molecular flexibility index (Phi) is 49.7. The van der Waals surface area contributed by atoms with Crippen LogP contribution in [0.3, 0.4) is 0 Å². The zero-order chi connectivity index (χ0) is 49.2. The molecule has 0 amide bonds. The number of hydrogen-bond donors (Lipinski definition) is 3. The van der Waals surface area contributed by atoms with Crippen molar-refractivity contribution < 1.29 is 47.5 Å². The molecule has 0 aliphatic carbocycles. The molecule has 0 aromatic heterocycles. The summed E-state index contributed by atoms with van der Waals surface area (Å²) >= 11 is 0. The highest BCUT2D eigenvalue weighted by Gasteiger charge is 2.28. The molecule has 0 aromatic rings. The van der Waals surface area contributed by atoms with Gasteiger partial charge in [-0.05, 0) is 12.8 Å². The summed E-state index contributed by atoms with van der Waals surface area (Å²) in [5, 5.41) is 8.94. The fourth-order valence-electron chi connectivity index (χ4n) is 8.66. The van der Waals surface area contributed by atoms with Gasteiger partial charge in [0.2, 0.25) is 0 Å². The zero-order valence-electron chi connectivity index (χ0n) is 43.8. The molecule has 0 aliphatic heterocycles. The number of phosphoric acid groups is 1. The SMILES string of the molecule is CCCCCCCCCCCCCCCCCCCCCCCCCCC(=O)OC(COC(=O)CCCCCCCCCCCCCCCCCCCCC)COP(=O)(O)OCC(N)C(=O)O. The van der Waals surface area contributed by atoms with Crippen molar-refractivity contribution >= 4 is 25.7 Å². The van der Waals surface area contributed by atoms with E-state index in [1.54, 1.807) is 0 Å². The number of hydrogen-bond acceptors (Lipinski definition) is 9. The van der Waals surface area contributed by atoms with Crippen LogP contribution in [0, 0.1) is 0 Å². The summed E-state index contributed by atoms with van der Waals surface area (Å²) in [4.78, 5) is 46.3. The normalized spacial score (nSPS) is 13.4. The van der Waals surface area contributed by atoms with Crippen molar-refractivity contribution in [2.45, 2.75) is 315 Å². The molecule has 0 aliphatic rings. The predicted octanol–water partition coefficient (Wildman–Crippen LogP) is 16.6. The number of aliphatic carboxylic acids is 1. The molecule has 3 unspecified atom stereocenters. The topological polar surface area (TPSA) is 172 Å². The maximum atomic E-state index is 12.7. The first kappa shape index (κ1) is 65.5. The molecule has 398 valence electrons. The highest BCUT2D eigenvalue weighted by Crippen LogP contribution is 2.43. The molecule has 0 saturated heterocycles. The first-order valence-electron chi connectivity index (χ1n) is 28.6. The van der Waals surface area contributed by atoms with Gasteiger partial charge < -0.3 is 25.2 Å². The molecule has 67 heavy (non-hydrogen) atoms. The molecule has 0 fully saturated rings. The Bertz CT molecular complexity index is 1140. The molecule has 0 bridgehead atoms. The van der Waals surface area contributed by atoms with E-state index >= 15 is 0 Å². The van der Waals surface area contributed by atoms with Gasteiger partial charge in [-0.3, -0.25) is 23.4 Å². The van der Waals surface area contributed by atoms with Gasteiger partial charge in [0, 0.05) is 12.8 Å². The largest absolute Gasteiger partial charge is 0.480 e. The van der Waals surface area contributed by atoms with Crippen molar-refractivity contribution in [2.75, 3.05) is 19.8 Å². The van der Waals surface area contributed by atoms with Crippen molar-refractivity contribution in [3.8, 4) is 0 Å². The van der Waals surface area contributed by atoms with Gasteiger partial charge in [-0.25, -0.2) is 4.57 Å². The molecule has 11 nitrogen and oxygen atoms in total. The van der Waals surface area contributed by atoms with Crippen LogP contribution in [-0.4, -0.2) is 59.9 Å². The van der Waals surface area contributed by atoms with E-state index in [0.29, 0.717) is 12.8 Å². The molecule has 0 spiro atoms. The monoisotopic (exact) mass is 974 g/mol. The lowest BCUT2D eigenvalue weighted by molar-refractivity contribution is -0.161. The second kappa shape index (κ2) is 50.9. The fraction of sp³-hybridized carbons (Fsp3) is 0.945. The maximum Gasteiger partial charge on any atom is 0.472 e. The first-order chi connectivity index (χ1) is 32.6. The third kappa shape index (κ3) is 50.7. The van der Waals surface area contributed by atoms with Crippen LogP contribution in [-0.2, 0) is 37.5 Å². The highest BCUT2D eigenvalue weighted by atomic mass is 31.2. The number of carbonyl (C=O) groups excluding carboxylic acids is 2. The minimum Gasteiger partial charge on any atom is -0.480 e. The summed E-state index contributed by atoms with van der Waals surface area (Å²) in [5.74, 6) is -2.35.